The molecule has 0 spiro atoms. The zero-order chi connectivity index (χ0) is 21.8. The van der Waals surface area contributed by atoms with E-state index in [4.69, 9.17) is 0 Å². The molecule has 0 bridgehead atoms. The molecule has 5 rings (SSSR count). The van der Waals surface area contributed by atoms with Crippen LogP contribution < -0.4 is 15.9 Å². The Labute approximate surface area is 189 Å². The molecule has 0 aliphatic heterocycles. The monoisotopic (exact) mass is 430 g/mol. The van der Waals surface area contributed by atoms with Gasteiger partial charge in [-0.05, 0) is 40.5 Å². The van der Waals surface area contributed by atoms with Crippen molar-refractivity contribution in [1.82, 2.24) is 0 Å². The van der Waals surface area contributed by atoms with Gasteiger partial charge in [0, 0.05) is 15.9 Å². The molecule has 2 heteroatoms. The quantitative estimate of drug-likeness (QED) is 0.285. The molecule has 0 atom stereocenters. The molecule has 0 saturated carbocycles. The number of hydrogen-bond acceptors (Lipinski definition) is 1. The fourth-order valence-corrected chi connectivity index (χ4v) is 6.83. The Hall–Kier alpha value is -3.67. The van der Waals surface area contributed by atoms with E-state index in [-0.39, 0.29) is 0 Å². The molecular formula is C30H23OP. The van der Waals surface area contributed by atoms with E-state index in [1.54, 1.807) is 0 Å². The van der Waals surface area contributed by atoms with E-state index in [2.05, 4.69) is 42.5 Å². The lowest BCUT2D eigenvalue weighted by Crippen LogP contribution is -2.25. The summed E-state index contributed by atoms with van der Waals surface area (Å²) in [7, 11) is -3.07. The van der Waals surface area contributed by atoms with Crippen LogP contribution in [0.15, 0.2) is 140 Å². The van der Waals surface area contributed by atoms with Crippen LogP contribution in [-0.4, -0.2) is 0 Å². The van der Waals surface area contributed by atoms with Crippen molar-refractivity contribution in [1.29, 1.82) is 0 Å². The van der Waals surface area contributed by atoms with Crippen LogP contribution in [-0.2, 0) is 4.57 Å². The number of benzene rings is 5. The van der Waals surface area contributed by atoms with Crippen LogP contribution in [0.2, 0.25) is 0 Å². The predicted molar refractivity (Wildman–Crippen MR) is 137 cm³/mol. The molecule has 0 fully saturated rings. The van der Waals surface area contributed by atoms with E-state index in [1.165, 1.54) is 0 Å². The first kappa shape index (κ1) is 20.2. The first-order valence-electron chi connectivity index (χ1n) is 10.7. The zero-order valence-corrected chi connectivity index (χ0v) is 18.5. The highest BCUT2D eigenvalue weighted by Gasteiger charge is 2.30. The van der Waals surface area contributed by atoms with Gasteiger partial charge in [-0.25, -0.2) is 0 Å². The van der Waals surface area contributed by atoms with Crippen LogP contribution in [0.25, 0.3) is 22.3 Å². The van der Waals surface area contributed by atoms with E-state index in [1.807, 2.05) is 97.1 Å². The summed E-state index contributed by atoms with van der Waals surface area (Å²) in [6.45, 7) is 0. The topological polar surface area (TPSA) is 17.1 Å². The molecule has 5 aromatic carbocycles. The zero-order valence-electron chi connectivity index (χ0n) is 17.6. The van der Waals surface area contributed by atoms with Crippen molar-refractivity contribution in [2.24, 2.45) is 0 Å². The van der Waals surface area contributed by atoms with Gasteiger partial charge >= 0.3 is 0 Å². The van der Waals surface area contributed by atoms with E-state index in [0.29, 0.717) is 0 Å². The molecule has 154 valence electrons. The molecular weight excluding hydrogens is 407 g/mol. The third-order valence-electron chi connectivity index (χ3n) is 5.74. The highest BCUT2D eigenvalue weighted by Crippen LogP contribution is 2.44. The summed E-state index contributed by atoms with van der Waals surface area (Å²) in [5, 5.41) is 2.53. The van der Waals surface area contributed by atoms with E-state index < -0.39 is 7.14 Å². The SMILES string of the molecule is O=P(c1ccccc1)(c1ccccc1)c1cc(-c2ccccc2)cc(-c2ccccc2)c1. The number of hydrogen-bond donors (Lipinski definition) is 0. The third kappa shape index (κ3) is 3.84. The lowest BCUT2D eigenvalue weighted by Gasteiger charge is -2.22. The Kier molecular flexibility index (Phi) is 5.58. The molecule has 0 saturated heterocycles. The first-order chi connectivity index (χ1) is 15.7. The van der Waals surface area contributed by atoms with Gasteiger partial charge in [-0.3, -0.25) is 0 Å². The molecule has 32 heavy (non-hydrogen) atoms. The first-order valence-corrected chi connectivity index (χ1v) is 12.4. The summed E-state index contributed by atoms with van der Waals surface area (Å²) in [4.78, 5) is 0. The maximum Gasteiger partial charge on any atom is 0.171 e. The van der Waals surface area contributed by atoms with E-state index in [9.17, 15) is 4.57 Å². The van der Waals surface area contributed by atoms with Gasteiger partial charge in [0.2, 0.25) is 0 Å². The van der Waals surface area contributed by atoms with E-state index >= 15 is 0 Å². The molecule has 0 aromatic heterocycles. The van der Waals surface area contributed by atoms with E-state index in [0.717, 1.165) is 38.2 Å². The van der Waals surface area contributed by atoms with Gasteiger partial charge in [-0.1, -0.05) is 121 Å². The average molecular weight is 430 g/mol. The standard InChI is InChI=1S/C30H23OP/c31-32(28-17-9-3-10-18-28,29-19-11-4-12-20-29)30-22-26(24-13-5-1-6-14-24)21-27(23-30)25-15-7-2-8-16-25/h1-23H. The number of rotatable bonds is 5. The molecule has 0 aliphatic carbocycles. The molecule has 0 radical (unpaired) electrons. The van der Waals surface area contributed by atoms with Crippen LogP contribution >= 0.6 is 7.14 Å². The summed E-state index contributed by atoms with van der Waals surface area (Å²) in [6, 6.07) is 46.7. The lowest BCUT2D eigenvalue weighted by atomic mass is 9.99. The summed E-state index contributed by atoms with van der Waals surface area (Å²) < 4.78 is 15.0. The summed E-state index contributed by atoms with van der Waals surface area (Å²) in [5.74, 6) is 0. The Morgan fingerprint density at radius 2 is 0.688 bits per heavy atom. The molecule has 5 aromatic rings. The fourth-order valence-electron chi connectivity index (χ4n) is 4.11. The molecule has 0 N–H and O–H groups in total. The second-order valence-electron chi connectivity index (χ2n) is 7.78. The summed E-state index contributed by atoms with van der Waals surface area (Å²) in [5.41, 5.74) is 4.35. The highest BCUT2D eigenvalue weighted by atomic mass is 31.2. The van der Waals surface area contributed by atoms with Crippen LogP contribution in [0.3, 0.4) is 0 Å². The molecule has 0 aliphatic rings. The second-order valence-corrected chi connectivity index (χ2v) is 10.5. The maximum atomic E-state index is 15.0. The van der Waals surface area contributed by atoms with Gasteiger partial charge in [0.05, 0.1) is 0 Å². The van der Waals surface area contributed by atoms with Crippen molar-refractivity contribution in [2.75, 3.05) is 0 Å². The third-order valence-corrected chi connectivity index (χ3v) is 8.77. The fraction of sp³-hybridized carbons (Fsp3) is 0. The van der Waals surface area contributed by atoms with Gasteiger partial charge in [-0.2, -0.15) is 0 Å². The molecule has 0 amide bonds. The van der Waals surface area contributed by atoms with Crippen molar-refractivity contribution in [3.8, 4) is 22.3 Å². The van der Waals surface area contributed by atoms with Gasteiger partial charge < -0.3 is 4.57 Å². The van der Waals surface area contributed by atoms with Crippen molar-refractivity contribution >= 4 is 23.1 Å². The van der Waals surface area contributed by atoms with Gasteiger partial charge in [0.1, 0.15) is 0 Å². The Morgan fingerprint density at radius 3 is 1.06 bits per heavy atom. The van der Waals surface area contributed by atoms with Crippen LogP contribution in [0.5, 0.6) is 0 Å². The van der Waals surface area contributed by atoms with Gasteiger partial charge in [-0.15, -0.1) is 0 Å². The molecule has 0 unspecified atom stereocenters. The maximum absolute atomic E-state index is 15.0. The minimum Gasteiger partial charge on any atom is -0.309 e. The summed E-state index contributed by atoms with van der Waals surface area (Å²) in [6.07, 6.45) is 0. The minimum atomic E-state index is -3.07. The second kappa shape index (κ2) is 8.83. The van der Waals surface area contributed by atoms with Gasteiger partial charge in [0.25, 0.3) is 0 Å². The minimum absolute atomic E-state index is 0.843. The van der Waals surface area contributed by atoms with Gasteiger partial charge in [0.15, 0.2) is 7.14 Å². The Balaban J connectivity index is 1.81. The van der Waals surface area contributed by atoms with Crippen LogP contribution in [0.4, 0.5) is 0 Å². The van der Waals surface area contributed by atoms with Crippen LogP contribution in [0, 0.1) is 0 Å². The predicted octanol–water partition coefficient (Wildman–Crippen LogP) is 6.66. The smallest absolute Gasteiger partial charge is 0.171 e. The Bertz CT molecular complexity index is 1260. The highest BCUT2D eigenvalue weighted by molar-refractivity contribution is 7.85. The average Bonchev–Trinajstić information content (AvgIpc) is 2.90. The molecule has 0 heterocycles. The van der Waals surface area contributed by atoms with Crippen molar-refractivity contribution in [3.63, 3.8) is 0 Å². The van der Waals surface area contributed by atoms with Crippen molar-refractivity contribution in [3.05, 3.63) is 140 Å². The molecule has 1 nitrogen and oxygen atoms in total. The largest absolute Gasteiger partial charge is 0.309 e. The van der Waals surface area contributed by atoms with Crippen LogP contribution in [0.1, 0.15) is 0 Å². The lowest BCUT2D eigenvalue weighted by molar-refractivity contribution is 0.592. The normalized spacial score (nSPS) is 11.2. The van der Waals surface area contributed by atoms with Crippen molar-refractivity contribution < 1.29 is 4.57 Å². The Morgan fingerprint density at radius 1 is 0.344 bits per heavy atom. The summed E-state index contributed by atoms with van der Waals surface area (Å²) >= 11 is 0. The van der Waals surface area contributed by atoms with Crippen molar-refractivity contribution in [2.45, 2.75) is 0 Å².